The first-order valence-corrected chi connectivity index (χ1v) is 7.96. The van der Waals surface area contributed by atoms with Gasteiger partial charge in [-0.1, -0.05) is 23.2 Å². The molecule has 0 saturated heterocycles. The van der Waals surface area contributed by atoms with Gasteiger partial charge in [-0.3, -0.25) is 4.79 Å². The van der Waals surface area contributed by atoms with E-state index in [1.165, 1.54) is 18.3 Å². The van der Waals surface area contributed by atoms with E-state index < -0.39 is 0 Å². The number of hydrogen-bond acceptors (Lipinski definition) is 4. The SMILES string of the molecule is CC(=O)Nc1nc(CSc2cc(Cl)ccc2Cl)cs1. The lowest BCUT2D eigenvalue weighted by Gasteiger charge is -2.03. The summed E-state index contributed by atoms with van der Waals surface area (Å²) in [5.41, 5.74) is 0.898. The fraction of sp³-hybridized carbons (Fsp3) is 0.167. The second kappa shape index (κ2) is 6.61. The van der Waals surface area contributed by atoms with Gasteiger partial charge in [-0.15, -0.1) is 23.1 Å². The normalized spacial score (nSPS) is 10.5. The Kier molecular flexibility index (Phi) is 5.10. The van der Waals surface area contributed by atoms with Gasteiger partial charge in [-0.05, 0) is 18.2 Å². The quantitative estimate of drug-likeness (QED) is 0.825. The molecule has 0 aliphatic carbocycles. The van der Waals surface area contributed by atoms with E-state index in [-0.39, 0.29) is 5.91 Å². The van der Waals surface area contributed by atoms with Crippen LogP contribution in [0, 0.1) is 0 Å². The molecule has 0 aliphatic heterocycles. The maximum atomic E-state index is 10.9. The minimum absolute atomic E-state index is 0.119. The zero-order chi connectivity index (χ0) is 13.8. The second-order valence-corrected chi connectivity index (χ2v) is 6.41. The van der Waals surface area contributed by atoms with Crippen LogP contribution in [0.1, 0.15) is 12.6 Å². The van der Waals surface area contributed by atoms with Crippen molar-refractivity contribution in [2.75, 3.05) is 5.32 Å². The summed E-state index contributed by atoms with van der Waals surface area (Å²) >= 11 is 15.0. The Bertz CT molecular complexity index is 601. The van der Waals surface area contributed by atoms with Crippen LogP contribution in [-0.4, -0.2) is 10.9 Å². The topological polar surface area (TPSA) is 42.0 Å². The Morgan fingerprint density at radius 1 is 1.47 bits per heavy atom. The van der Waals surface area contributed by atoms with Crippen molar-refractivity contribution in [1.29, 1.82) is 0 Å². The van der Waals surface area contributed by atoms with E-state index in [0.717, 1.165) is 10.6 Å². The van der Waals surface area contributed by atoms with Crippen molar-refractivity contribution in [3.63, 3.8) is 0 Å². The molecule has 1 N–H and O–H groups in total. The van der Waals surface area contributed by atoms with Crippen LogP contribution in [0.2, 0.25) is 10.0 Å². The molecule has 0 atom stereocenters. The average Bonchev–Trinajstić information content (AvgIpc) is 2.77. The minimum atomic E-state index is -0.119. The van der Waals surface area contributed by atoms with Crippen molar-refractivity contribution < 1.29 is 4.79 Å². The highest BCUT2D eigenvalue weighted by Crippen LogP contribution is 2.32. The van der Waals surface area contributed by atoms with Gasteiger partial charge in [0.2, 0.25) is 5.91 Å². The van der Waals surface area contributed by atoms with E-state index in [2.05, 4.69) is 10.3 Å². The number of nitrogens with one attached hydrogen (secondary N) is 1. The number of carbonyl (C=O) groups excluding carboxylic acids is 1. The van der Waals surface area contributed by atoms with Gasteiger partial charge < -0.3 is 5.32 Å². The highest BCUT2D eigenvalue weighted by atomic mass is 35.5. The number of benzene rings is 1. The van der Waals surface area contributed by atoms with E-state index in [1.807, 2.05) is 11.4 Å². The number of anilines is 1. The summed E-state index contributed by atoms with van der Waals surface area (Å²) in [6.07, 6.45) is 0. The molecule has 0 aliphatic rings. The smallest absolute Gasteiger partial charge is 0.223 e. The van der Waals surface area contributed by atoms with Crippen molar-refractivity contribution in [3.05, 3.63) is 39.3 Å². The summed E-state index contributed by atoms with van der Waals surface area (Å²) in [7, 11) is 0. The molecule has 7 heteroatoms. The summed E-state index contributed by atoms with van der Waals surface area (Å²) < 4.78 is 0. The molecular formula is C12H10Cl2N2OS2. The van der Waals surface area contributed by atoms with Crippen LogP contribution in [-0.2, 0) is 10.5 Å². The lowest BCUT2D eigenvalue weighted by molar-refractivity contribution is -0.114. The zero-order valence-electron chi connectivity index (χ0n) is 9.94. The lowest BCUT2D eigenvalue weighted by Crippen LogP contribution is -2.05. The molecule has 0 bridgehead atoms. The van der Waals surface area contributed by atoms with Crippen molar-refractivity contribution in [2.24, 2.45) is 0 Å². The van der Waals surface area contributed by atoms with E-state index in [9.17, 15) is 4.79 Å². The molecular weight excluding hydrogens is 323 g/mol. The number of thiazole rings is 1. The van der Waals surface area contributed by atoms with Crippen LogP contribution in [0.5, 0.6) is 0 Å². The number of carbonyl (C=O) groups is 1. The summed E-state index contributed by atoms with van der Waals surface area (Å²) in [6.45, 7) is 1.46. The summed E-state index contributed by atoms with van der Waals surface area (Å²) in [4.78, 5) is 16.1. The third-order valence-corrected chi connectivity index (χ3v) is 4.68. The molecule has 1 aromatic carbocycles. The Hall–Kier alpha value is -0.750. The Balaban J connectivity index is 2.00. The molecule has 3 nitrogen and oxygen atoms in total. The zero-order valence-corrected chi connectivity index (χ0v) is 13.1. The summed E-state index contributed by atoms with van der Waals surface area (Å²) in [5, 5.41) is 6.51. The van der Waals surface area contributed by atoms with E-state index >= 15 is 0 Å². The molecule has 0 unspecified atom stereocenters. The third-order valence-electron chi connectivity index (χ3n) is 2.10. The van der Waals surface area contributed by atoms with Crippen molar-refractivity contribution in [2.45, 2.75) is 17.6 Å². The van der Waals surface area contributed by atoms with Gasteiger partial charge in [0, 0.05) is 28.0 Å². The number of rotatable bonds is 4. The summed E-state index contributed by atoms with van der Waals surface area (Å²) in [6, 6.07) is 5.36. The minimum Gasteiger partial charge on any atom is -0.302 e. The van der Waals surface area contributed by atoms with Crippen molar-refractivity contribution in [1.82, 2.24) is 4.98 Å². The molecule has 0 saturated carbocycles. The van der Waals surface area contributed by atoms with Crippen LogP contribution in [0.15, 0.2) is 28.5 Å². The largest absolute Gasteiger partial charge is 0.302 e. The number of thioether (sulfide) groups is 1. The molecule has 19 heavy (non-hydrogen) atoms. The Morgan fingerprint density at radius 3 is 3.00 bits per heavy atom. The first kappa shape index (κ1) is 14.7. The molecule has 1 heterocycles. The third kappa shape index (κ3) is 4.38. The highest BCUT2D eigenvalue weighted by Gasteiger charge is 2.06. The molecule has 0 fully saturated rings. The molecule has 2 rings (SSSR count). The molecule has 0 spiro atoms. The van der Waals surface area contributed by atoms with Gasteiger partial charge >= 0.3 is 0 Å². The van der Waals surface area contributed by atoms with Gasteiger partial charge in [0.1, 0.15) is 0 Å². The van der Waals surface area contributed by atoms with E-state index in [4.69, 9.17) is 23.2 Å². The van der Waals surface area contributed by atoms with Crippen LogP contribution in [0.3, 0.4) is 0 Å². The fourth-order valence-electron chi connectivity index (χ4n) is 1.32. The predicted octanol–water partition coefficient (Wildman–Crippen LogP) is 4.70. The van der Waals surface area contributed by atoms with Crippen LogP contribution < -0.4 is 5.32 Å². The number of amides is 1. The maximum Gasteiger partial charge on any atom is 0.223 e. The number of halogens is 2. The lowest BCUT2D eigenvalue weighted by atomic mass is 10.4. The number of nitrogens with zero attached hydrogens (tertiary/aromatic N) is 1. The summed E-state index contributed by atoms with van der Waals surface area (Å²) in [5.74, 6) is 0.558. The van der Waals surface area contributed by atoms with E-state index in [1.54, 1.807) is 23.9 Å². The fourth-order valence-corrected chi connectivity index (χ4v) is 3.57. The molecule has 0 radical (unpaired) electrons. The number of hydrogen-bond donors (Lipinski definition) is 1. The first-order valence-electron chi connectivity index (χ1n) is 5.34. The van der Waals surface area contributed by atoms with Gasteiger partial charge in [0.25, 0.3) is 0 Å². The monoisotopic (exact) mass is 332 g/mol. The molecule has 100 valence electrons. The first-order chi connectivity index (χ1) is 9.04. The molecule has 2 aromatic rings. The standard InChI is InChI=1S/C12H10Cl2N2OS2/c1-7(17)15-12-16-9(6-19-12)5-18-11-4-8(13)2-3-10(11)14/h2-4,6H,5H2,1H3,(H,15,16,17). The van der Waals surface area contributed by atoms with Gasteiger partial charge in [0.15, 0.2) is 5.13 Å². The molecule has 1 aromatic heterocycles. The highest BCUT2D eigenvalue weighted by molar-refractivity contribution is 7.98. The average molecular weight is 333 g/mol. The Labute approximate surface area is 129 Å². The van der Waals surface area contributed by atoms with E-state index in [0.29, 0.717) is 20.9 Å². The molecule has 1 amide bonds. The van der Waals surface area contributed by atoms with Gasteiger partial charge in [-0.2, -0.15) is 0 Å². The van der Waals surface area contributed by atoms with Crippen LogP contribution >= 0.6 is 46.3 Å². The Morgan fingerprint density at radius 2 is 2.26 bits per heavy atom. The second-order valence-electron chi connectivity index (χ2n) is 3.69. The van der Waals surface area contributed by atoms with Gasteiger partial charge in [-0.25, -0.2) is 4.98 Å². The van der Waals surface area contributed by atoms with Crippen LogP contribution in [0.25, 0.3) is 0 Å². The van der Waals surface area contributed by atoms with Crippen LogP contribution in [0.4, 0.5) is 5.13 Å². The number of aromatic nitrogens is 1. The maximum absolute atomic E-state index is 10.9. The van der Waals surface area contributed by atoms with Crippen molar-refractivity contribution >= 4 is 57.3 Å². The van der Waals surface area contributed by atoms with Gasteiger partial charge in [0.05, 0.1) is 10.7 Å². The predicted molar refractivity (Wildman–Crippen MR) is 82.4 cm³/mol. The van der Waals surface area contributed by atoms with Crippen molar-refractivity contribution in [3.8, 4) is 0 Å².